The first kappa shape index (κ1) is 16.3. The summed E-state index contributed by atoms with van der Waals surface area (Å²) in [5.41, 5.74) is 2.32. The van der Waals surface area contributed by atoms with E-state index in [0.29, 0.717) is 17.8 Å². The van der Waals surface area contributed by atoms with E-state index in [2.05, 4.69) is 32.9 Å². The smallest absolute Gasteiger partial charge is 0.311 e. The quantitative estimate of drug-likeness (QED) is 0.691. The fourth-order valence-electron chi connectivity index (χ4n) is 3.38. The maximum absolute atomic E-state index is 12.5. The van der Waals surface area contributed by atoms with Crippen LogP contribution < -0.4 is 0 Å². The Bertz CT molecular complexity index is 470. The summed E-state index contributed by atoms with van der Waals surface area (Å²) < 4.78 is 5.99. The molecule has 0 bridgehead atoms. The summed E-state index contributed by atoms with van der Waals surface area (Å²) >= 11 is 0. The van der Waals surface area contributed by atoms with Crippen molar-refractivity contribution in [1.82, 2.24) is 0 Å². The average Bonchev–Trinajstić information content (AvgIpc) is 2.42. The van der Waals surface area contributed by atoms with E-state index >= 15 is 0 Å². The van der Waals surface area contributed by atoms with Gasteiger partial charge < -0.3 is 4.74 Å². The highest BCUT2D eigenvalue weighted by atomic mass is 16.5. The van der Waals surface area contributed by atoms with Gasteiger partial charge in [-0.2, -0.15) is 0 Å². The van der Waals surface area contributed by atoms with Crippen LogP contribution in [0.4, 0.5) is 0 Å². The molecule has 2 nitrogen and oxygen atoms in total. The van der Waals surface area contributed by atoms with E-state index < -0.39 is 0 Å². The standard InChI is InChI=1S/C19H30O2/c1-7-19(5,6)18(20)21-16-11-12(2)10-15-9-8-13(3)14(4)17(15)16/h9-10,13-14,16-17H,7-8,11H2,1-6H3/t13-,14-,16-,17+/m0/s1. The molecule has 2 aliphatic carbocycles. The van der Waals surface area contributed by atoms with Crippen LogP contribution in [0.5, 0.6) is 0 Å². The third kappa shape index (κ3) is 3.25. The lowest BCUT2D eigenvalue weighted by Crippen LogP contribution is -2.41. The van der Waals surface area contributed by atoms with Crippen LogP contribution in [-0.4, -0.2) is 12.1 Å². The Labute approximate surface area is 129 Å². The summed E-state index contributed by atoms with van der Waals surface area (Å²) in [5, 5.41) is 0. The minimum absolute atomic E-state index is 0.0114. The molecule has 0 heterocycles. The van der Waals surface area contributed by atoms with Crippen molar-refractivity contribution in [3.63, 3.8) is 0 Å². The molecule has 118 valence electrons. The lowest BCUT2D eigenvalue weighted by Gasteiger charge is -2.42. The third-order valence-corrected chi connectivity index (χ3v) is 5.61. The zero-order chi connectivity index (χ0) is 15.8. The molecule has 2 aliphatic rings. The number of hydrogen-bond donors (Lipinski definition) is 0. The van der Waals surface area contributed by atoms with Crippen LogP contribution in [-0.2, 0) is 9.53 Å². The number of rotatable bonds is 3. The average molecular weight is 290 g/mol. The zero-order valence-electron chi connectivity index (χ0n) is 14.4. The molecular weight excluding hydrogens is 260 g/mol. The molecule has 0 aromatic heterocycles. The summed E-state index contributed by atoms with van der Waals surface area (Å²) in [4.78, 5) is 12.5. The van der Waals surface area contributed by atoms with E-state index in [0.717, 1.165) is 19.3 Å². The maximum Gasteiger partial charge on any atom is 0.311 e. The predicted molar refractivity (Wildman–Crippen MR) is 86.8 cm³/mol. The van der Waals surface area contributed by atoms with E-state index in [1.807, 2.05) is 20.8 Å². The number of carbonyl (C=O) groups excluding carboxylic acids is 1. The Kier molecular flexibility index (Phi) is 4.65. The minimum atomic E-state index is -0.386. The molecule has 0 fully saturated rings. The molecule has 4 atom stereocenters. The van der Waals surface area contributed by atoms with Crippen LogP contribution in [0.1, 0.15) is 60.8 Å². The Morgan fingerprint density at radius 3 is 2.67 bits per heavy atom. The molecule has 0 aliphatic heterocycles. The van der Waals surface area contributed by atoms with Crippen molar-refractivity contribution < 1.29 is 9.53 Å². The lowest BCUT2D eigenvalue weighted by molar-refractivity contribution is -0.163. The number of allylic oxidation sites excluding steroid dienone is 2. The van der Waals surface area contributed by atoms with E-state index in [-0.39, 0.29) is 17.5 Å². The fraction of sp³-hybridized carbons (Fsp3) is 0.737. The maximum atomic E-state index is 12.5. The van der Waals surface area contributed by atoms with Crippen molar-refractivity contribution in [1.29, 1.82) is 0 Å². The van der Waals surface area contributed by atoms with Gasteiger partial charge in [0.15, 0.2) is 0 Å². The monoisotopic (exact) mass is 290 g/mol. The fourth-order valence-corrected chi connectivity index (χ4v) is 3.38. The molecule has 0 saturated heterocycles. The molecule has 0 amide bonds. The molecule has 0 saturated carbocycles. The van der Waals surface area contributed by atoms with Gasteiger partial charge >= 0.3 is 5.97 Å². The highest BCUT2D eigenvalue weighted by Gasteiger charge is 2.40. The van der Waals surface area contributed by atoms with Gasteiger partial charge in [-0.15, -0.1) is 0 Å². The molecule has 0 radical (unpaired) electrons. The second-order valence-electron chi connectivity index (χ2n) is 7.68. The first-order chi connectivity index (χ1) is 9.76. The molecular formula is C19H30O2. The molecule has 0 unspecified atom stereocenters. The summed E-state index contributed by atoms with van der Waals surface area (Å²) in [6, 6.07) is 0. The van der Waals surface area contributed by atoms with Crippen molar-refractivity contribution in [3.8, 4) is 0 Å². The topological polar surface area (TPSA) is 26.3 Å². The van der Waals surface area contributed by atoms with E-state index in [4.69, 9.17) is 4.74 Å². The van der Waals surface area contributed by atoms with Crippen molar-refractivity contribution in [3.05, 3.63) is 23.3 Å². The number of esters is 1. The first-order valence-corrected chi connectivity index (χ1v) is 8.34. The Morgan fingerprint density at radius 2 is 2.05 bits per heavy atom. The van der Waals surface area contributed by atoms with Crippen LogP contribution in [0.25, 0.3) is 0 Å². The molecule has 0 aromatic carbocycles. The van der Waals surface area contributed by atoms with Crippen LogP contribution in [0.2, 0.25) is 0 Å². The molecule has 0 spiro atoms. The van der Waals surface area contributed by atoms with Crippen LogP contribution in [0.3, 0.4) is 0 Å². The number of carbonyl (C=O) groups is 1. The molecule has 2 rings (SSSR count). The summed E-state index contributed by atoms with van der Waals surface area (Å²) in [6.45, 7) is 12.8. The molecule has 2 heteroatoms. The normalized spacial score (nSPS) is 32.9. The van der Waals surface area contributed by atoms with Crippen LogP contribution >= 0.6 is 0 Å². The SMILES string of the molecule is CCC(C)(C)C(=O)O[C@H]1CC(C)=CC2=CC[C@H](C)[C@H](C)[C@H]21. The molecule has 21 heavy (non-hydrogen) atoms. The van der Waals surface area contributed by atoms with E-state index in [1.54, 1.807) is 0 Å². The van der Waals surface area contributed by atoms with Crippen molar-refractivity contribution in [2.24, 2.45) is 23.2 Å². The highest BCUT2D eigenvalue weighted by Crippen LogP contribution is 2.43. The Hall–Kier alpha value is -1.05. The Morgan fingerprint density at radius 1 is 1.38 bits per heavy atom. The van der Waals surface area contributed by atoms with Gasteiger partial charge in [0.2, 0.25) is 0 Å². The van der Waals surface area contributed by atoms with Gasteiger partial charge in [-0.05, 0) is 51.0 Å². The van der Waals surface area contributed by atoms with Gasteiger partial charge in [-0.25, -0.2) is 0 Å². The van der Waals surface area contributed by atoms with Gasteiger partial charge in [0, 0.05) is 12.3 Å². The van der Waals surface area contributed by atoms with Crippen molar-refractivity contribution >= 4 is 5.97 Å². The van der Waals surface area contributed by atoms with Gasteiger partial charge in [0.1, 0.15) is 6.10 Å². The number of ether oxygens (including phenoxy) is 1. The highest BCUT2D eigenvalue weighted by molar-refractivity contribution is 5.76. The largest absolute Gasteiger partial charge is 0.461 e. The van der Waals surface area contributed by atoms with Gasteiger partial charge in [0.05, 0.1) is 5.41 Å². The molecule has 0 N–H and O–H groups in total. The van der Waals surface area contributed by atoms with Gasteiger partial charge in [-0.1, -0.05) is 38.5 Å². The van der Waals surface area contributed by atoms with Crippen molar-refractivity contribution in [2.75, 3.05) is 0 Å². The second-order valence-corrected chi connectivity index (χ2v) is 7.68. The predicted octanol–water partition coefficient (Wildman–Crippen LogP) is 4.90. The zero-order valence-corrected chi connectivity index (χ0v) is 14.4. The van der Waals surface area contributed by atoms with Crippen molar-refractivity contribution in [2.45, 2.75) is 66.9 Å². The van der Waals surface area contributed by atoms with Gasteiger partial charge in [-0.3, -0.25) is 4.79 Å². The summed E-state index contributed by atoms with van der Waals surface area (Å²) in [5.74, 6) is 1.55. The van der Waals surface area contributed by atoms with E-state index in [9.17, 15) is 4.79 Å². The Balaban J connectivity index is 2.23. The van der Waals surface area contributed by atoms with Gasteiger partial charge in [0.25, 0.3) is 0 Å². The lowest BCUT2D eigenvalue weighted by atomic mass is 9.67. The summed E-state index contributed by atoms with van der Waals surface area (Å²) in [7, 11) is 0. The van der Waals surface area contributed by atoms with Crippen LogP contribution in [0.15, 0.2) is 23.3 Å². The van der Waals surface area contributed by atoms with Crippen LogP contribution in [0, 0.1) is 23.2 Å². The third-order valence-electron chi connectivity index (χ3n) is 5.61. The van der Waals surface area contributed by atoms with E-state index in [1.165, 1.54) is 11.1 Å². The summed E-state index contributed by atoms with van der Waals surface area (Å²) in [6.07, 6.45) is 7.50. The second kappa shape index (κ2) is 5.98. The number of hydrogen-bond acceptors (Lipinski definition) is 2. The number of fused-ring (bicyclic) bond motifs is 1. The minimum Gasteiger partial charge on any atom is -0.461 e. The molecule has 0 aromatic rings. The first-order valence-electron chi connectivity index (χ1n) is 8.34.